The number of fused-ring (bicyclic) bond motifs is 1. The standard InChI is InChI=1S/C15H19IN2O3/c16-13-9-12(18(20)21)4-5-14(13)17-8-7-15(19)6-2-1-3-11(15)10-17/h4-5,9,11,19H,1-3,6-8,10H2. The molecule has 1 aliphatic heterocycles. The smallest absolute Gasteiger partial charge is 0.270 e. The number of benzene rings is 1. The van der Waals surface area contributed by atoms with Gasteiger partial charge in [-0.25, -0.2) is 0 Å². The summed E-state index contributed by atoms with van der Waals surface area (Å²) in [6.07, 6.45) is 5.12. The molecule has 2 fully saturated rings. The van der Waals surface area contributed by atoms with Crippen molar-refractivity contribution in [3.63, 3.8) is 0 Å². The molecular formula is C15H19IN2O3. The van der Waals surface area contributed by atoms with Crippen LogP contribution in [0.25, 0.3) is 0 Å². The highest BCUT2D eigenvalue weighted by molar-refractivity contribution is 14.1. The van der Waals surface area contributed by atoms with Gasteiger partial charge in [-0.05, 0) is 47.9 Å². The van der Waals surface area contributed by atoms with Crippen molar-refractivity contribution in [2.75, 3.05) is 18.0 Å². The van der Waals surface area contributed by atoms with E-state index in [2.05, 4.69) is 27.5 Å². The molecule has 3 rings (SSSR count). The molecule has 1 N–H and O–H groups in total. The van der Waals surface area contributed by atoms with E-state index in [1.165, 1.54) is 6.42 Å². The number of nitro groups is 1. The van der Waals surface area contributed by atoms with Gasteiger partial charge in [-0.3, -0.25) is 10.1 Å². The summed E-state index contributed by atoms with van der Waals surface area (Å²) in [5.41, 5.74) is 0.698. The van der Waals surface area contributed by atoms with Gasteiger partial charge in [-0.15, -0.1) is 0 Å². The number of nitro benzene ring substituents is 1. The largest absolute Gasteiger partial charge is 0.389 e. The normalized spacial score (nSPS) is 29.0. The molecule has 2 unspecified atom stereocenters. The van der Waals surface area contributed by atoms with E-state index in [4.69, 9.17) is 0 Å². The second-order valence-electron chi connectivity index (χ2n) is 6.14. The van der Waals surface area contributed by atoms with Gasteiger partial charge in [0.05, 0.1) is 16.2 Å². The van der Waals surface area contributed by atoms with Crippen LogP contribution in [0, 0.1) is 19.6 Å². The molecule has 1 aliphatic carbocycles. The number of hydrogen-bond donors (Lipinski definition) is 1. The van der Waals surface area contributed by atoms with E-state index in [9.17, 15) is 15.2 Å². The van der Waals surface area contributed by atoms with Gasteiger partial charge in [-0.1, -0.05) is 12.8 Å². The summed E-state index contributed by atoms with van der Waals surface area (Å²) in [5.74, 6) is 0.325. The van der Waals surface area contributed by atoms with Gasteiger partial charge in [0.15, 0.2) is 0 Å². The molecule has 2 atom stereocenters. The van der Waals surface area contributed by atoms with Crippen LogP contribution >= 0.6 is 22.6 Å². The average molecular weight is 402 g/mol. The molecule has 0 spiro atoms. The topological polar surface area (TPSA) is 66.6 Å². The van der Waals surface area contributed by atoms with Crippen molar-refractivity contribution < 1.29 is 10.0 Å². The fourth-order valence-corrected chi connectivity index (χ4v) is 4.50. The molecule has 1 saturated carbocycles. The molecule has 1 aromatic carbocycles. The minimum absolute atomic E-state index is 0.134. The second kappa shape index (κ2) is 5.72. The number of nitrogens with zero attached hydrogens (tertiary/aromatic N) is 2. The number of anilines is 1. The molecule has 114 valence electrons. The number of aliphatic hydroxyl groups is 1. The van der Waals surface area contributed by atoms with Gasteiger partial charge in [0, 0.05) is 34.7 Å². The summed E-state index contributed by atoms with van der Waals surface area (Å²) < 4.78 is 0.906. The quantitative estimate of drug-likeness (QED) is 0.468. The first kappa shape index (κ1) is 15.0. The van der Waals surface area contributed by atoms with E-state index in [0.717, 1.165) is 48.0 Å². The molecule has 1 heterocycles. The first-order chi connectivity index (χ1) is 9.99. The van der Waals surface area contributed by atoms with Crippen LogP contribution in [0.1, 0.15) is 32.1 Å². The van der Waals surface area contributed by atoms with Crippen LogP contribution in [0.5, 0.6) is 0 Å². The van der Waals surface area contributed by atoms with Gasteiger partial charge in [0.2, 0.25) is 0 Å². The minimum Gasteiger partial charge on any atom is -0.389 e. The Morgan fingerprint density at radius 2 is 2.19 bits per heavy atom. The number of rotatable bonds is 2. The van der Waals surface area contributed by atoms with Gasteiger partial charge in [0.1, 0.15) is 0 Å². The first-order valence-electron chi connectivity index (χ1n) is 7.41. The number of hydrogen-bond acceptors (Lipinski definition) is 4. The predicted molar refractivity (Wildman–Crippen MR) is 89.6 cm³/mol. The second-order valence-corrected chi connectivity index (χ2v) is 7.30. The van der Waals surface area contributed by atoms with Crippen molar-refractivity contribution in [2.24, 2.45) is 5.92 Å². The first-order valence-corrected chi connectivity index (χ1v) is 8.49. The van der Waals surface area contributed by atoms with Gasteiger partial charge in [-0.2, -0.15) is 0 Å². The highest BCUT2D eigenvalue weighted by atomic mass is 127. The molecule has 0 aromatic heterocycles. The zero-order valence-electron chi connectivity index (χ0n) is 11.8. The Balaban J connectivity index is 1.81. The zero-order valence-corrected chi connectivity index (χ0v) is 14.0. The van der Waals surface area contributed by atoms with Crippen LogP contribution in [0.4, 0.5) is 11.4 Å². The van der Waals surface area contributed by atoms with Crippen molar-refractivity contribution >= 4 is 34.0 Å². The molecule has 5 nitrogen and oxygen atoms in total. The van der Waals surface area contributed by atoms with Crippen LogP contribution in [-0.2, 0) is 0 Å². The highest BCUT2D eigenvalue weighted by Crippen LogP contribution is 2.41. The molecule has 6 heteroatoms. The summed E-state index contributed by atoms with van der Waals surface area (Å²) in [7, 11) is 0. The van der Waals surface area contributed by atoms with Crippen LogP contribution in [-0.4, -0.2) is 28.7 Å². The van der Waals surface area contributed by atoms with E-state index in [1.807, 2.05) is 6.07 Å². The Kier molecular flexibility index (Phi) is 4.09. The van der Waals surface area contributed by atoms with E-state index in [0.29, 0.717) is 5.92 Å². The monoisotopic (exact) mass is 402 g/mol. The molecule has 2 aliphatic rings. The fraction of sp³-hybridized carbons (Fsp3) is 0.600. The summed E-state index contributed by atoms with van der Waals surface area (Å²) >= 11 is 2.16. The fourth-order valence-electron chi connectivity index (χ4n) is 3.66. The number of non-ortho nitro benzene ring substituents is 1. The van der Waals surface area contributed by atoms with Crippen molar-refractivity contribution in [2.45, 2.75) is 37.7 Å². The third-order valence-electron chi connectivity index (χ3n) is 4.91. The van der Waals surface area contributed by atoms with Crippen LogP contribution in [0.2, 0.25) is 0 Å². The average Bonchev–Trinajstić information content (AvgIpc) is 2.46. The van der Waals surface area contributed by atoms with Crippen molar-refractivity contribution in [1.29, 1.82) is 0 Å². The lowest BCUT2D eigenvalue weighted by Gasteiger charge is -2.48. The molecule has 0 amide bonds. The Morgan fingerprint density at radius 1 is 1.38 bits per heavy atom. The van der Waals surface area contributed by atoms with Gasteiger partial charge in [0.25, 0.3) is 5.69 Å². The minimum atomic E-state index is -0.485. The zero-order chi connectivity index (χ0) is 15.0. The van der Waals surface area contributed by atoms with E-state index in [-0.39, 0.29) is 10.6 Å². The Labute approximate surface area is 137 Å². The van der Waals surface area contributed by atoms with Crippen molar-refractivity contribution in [1.82, 2.24) is 0 Å². The molecule has 21 heavy (non-hydrogen) atoms. The van der Waals surface area contributed by atoms with Crippen molar-refractivity contribution in [3.8, 4) is 0 Å². The third-order valence-corrected chi connectivity index (χ3v) is 5.77. The summed E-state index contributed by atoms with van der Waals surface area (Å²) in [4.78, 5) is 12.7. The lowest BCUT2D eigenvalue weighted by atomic mass is 9.71. The van der Waals surface area contributed by atoms with E-state index >= 15 is 0 Å². The maximum absolute atomic E-state index is 10.8. The Hall–Kier alpha value is -0.890. The molecule has 0 radical (unpaired) electrons. The Morgan fingerprint density at radius 3 is 2.90 bits per heavy atom. The molecule has 0 bridgehead atoms. The lowest BCUT2D eigenvalue weighted by molar-refractivity contribution is -0.384. The van der Waals surface area contributed by atoms with Gasteiger partial charge >= 0.3 is 0 Å². The highest BCUT2D eigenvalue weighted by Gasteiger charge is 2.43. The molecular weight excluding hydrogens is 383 g/mol. The summed E-state index contributed by atoms with van der Waals surface area (Å²) in [6, 6.07) is 5.03. The predicted octanol–water partition coefficient (Wildman–Crippen LogP) is 3.33. The lowest BCUT2D eigenvalue weighted by Crippen LogP contribution is -2.53. The maximum Gasteiger partial charge on any atom is 0.270 e. The van der Waals surface area contributed by atoms with Crippen LogP contribution in [0.15, 0.2) is 18.2 Å². The Bertz CT molecular complexity index is 566. The molecule has 1 saturated heterocycles. The van der Waals surface area contributed by atoms with E-state index < -0.39 is 5.60 Å². The SMILES string of the molecule is O=[N+]([O-])c1ccc(N2CCC3(O)CCCCC3C2)c(I)c1. The summed E-state index contributed by atoms with van der Waals surface area (Å²) in [5, 5.41) is 21.6. The number of halogens is 1. The summed E-state index contributed by atoms with van der Waals surface area (Å²) in [6.45, 7) is 1.67. The maximum atomic E-state index is 10.8. The van der Waals surface area contributed by atoms with Crippen molar-refractivity contribution in [3.05, 3.63) is 31.9 Å². The molecule has 1 aromatic rings. The van der Waals surface area contributed by atoms with Gasteiger partial charge < -0.3 is 10.0 Å². The number of piperidine rings is 1. The van der Waals surface area contributed by atoms with E-state index in [1.54, 1.807) is 12.1 Å². The third kappa shape index (κ3) is 2.88. The van der Waals surface area contributed by atoms with Crippen LogP contribution < -0.4 is 4.90 Å². The van der Waals surface area contributed by atoms with Crippen LogP contribution in [0.3, 0.4) is 0 Å².